The molecule has 0 saturated carbocycles. The van der Waals surface area contributed by atoms with Crippen LogP contribution in [0.25, 0.3) is 0 Å². The van der Waals surface area contributed by atoms with Gasteiger partial charge in [-0.15, -0.1) is 11.3 Å². The van der Waals surface area contributed by atoms with Gasteiger partial charge in [-0.25, -0.2) is 4.90 Å². The van der Waals surface area contributed by atoms with Crippen LogP contribution in [-0.4, -0.2) is 27.5 Å². The Bertz CT molecular complexity index is 1730. The Balaban J connectivity index is 1.35. The zero-order valence-corrected chi connectivity index (χ0v) is 23.8. The van der Waals surface area contributed by atoms with Gasteiger partial charge in [0.1, 0.15) is 11.8 Å². The van der Waals surface area contributed by atoms with Gasteiger partial charge in [0.25, 0.3) is 0 Å². The normalized spacial score (nSPS) is 20.2. The van der Waals surface area contributed by atoms with Crippen molar-refractivity contribution in [2.45, 2.75) is 28.9 Å². The Hall–Kier alpha value is -3.39. The smallest absolute Gasteiger partial charge is 0.325 e. The number of alkyl halides is 3. The largest absolute Gasteiger partial charge is 0.416 e. The minimum atomic E-state index is -4.58. The first-order valence-corrected chi connectivity index (χ1v) is 15.0. The van der Waals surface area contributed by atoms with E-state index in [1.54, 1.807) is 24.3 Å². The number of imide groups is 1. The molecule has 6 rings (SSSR count). The van der Waals surface area contributed by atoms with Gasteiger partial charge in [0.05, 0.1) is 22.2 Å². The van der Waals surface area contributed by atoms with Crippen molar-refractivity contribution in [1.29, 1.82) is 0 Å². The fourth-order valence-corrected chi connectivity index (χ4v) is 8.84. The molecule has 2 aromatic heterocycles. The first-order valence-electron chi connectivity index (χ1n) is 12.1. The fraction of sp³-hybridized carbons (Fsp3) is 0.185. The van der Waals surface area contributed by atoms with Crippen molar-refractivity contribution >= 4 is 75.1 Å². The number of thioether (sulfide) groups is 1. The minimum absolute atomic E-state index is 0.0682. The van der Waals surface area contributed by atoms with Gasteiger partial charge in [-0.3, -0.25) is 23.7 Å². The molecule has 0 aliphatic carbocycles. The van der Waals surface area contributed by atoms with Crippen LogP contribution >= 0.6 is 46.0 Å². The summed E-state index contributed by atoms with van der Waals surface area (Å²) in [4.78, 5) is 55.5. The highest BCUT2D eigenvalue weighted by Gasteiger charge is 2.57. The fourth-order valence-electron chi connectivity index (χ4n) is 4.99. The van der Waals surface area contributed by atoms with Crippen molar-refractivity contribution in [2.24, 2.45) is 5.92 Å². The summed E-state index contributed by atoms with van der Waals surface area (Å²) in [5.41, 5.74) is -0.609. The summed E-state index contributed by atoms with van der Waals surface area (Å²) in [6, 6.07) is 14.2. The number of carbonyl (C=O) groups excluding carboxylic acids is 3. The molecule has 2 aromatic carbocycles. The van der Waals surface area contributed by atoms with Crippen LogP contribution in [0.3, 0.4) is 0 Å². The molecule has 3 amide bonds. The highest BCUT2D eigenvalue weighted by Crippen LogP contribution is 2.54. The Morgan fingerprint density at radius 3 is 2.44 bits per heavy atom. The second-order valence-electron chi connectivity index (χ2n) is 9.30. The van der Waals surface area contributed by atoms with Crippen LogP contribution in [0.2, 0.25) is 5.02 Å². The van der Waals surface area contributed by atoms with E-state index in [4.69, 9.17) is 11.6 Å². The summed E-state index contributed by atoms with van der Waals surface area (Å²) < 4.78 is 40.5. The van der Waals surface area contributed by atoms with Gasteiger partial charge in [0.2, 0.25) is 17.7 Å². The van der Waals surface area contributed by atoms with Gasteiger partial charge in [0, 0.05) is 26.4 Å². The van der Waals surface area contributed by atoms with E-state index in [2.05, 4.69) is 5.32 Å². The van der Waals surface area contributed by atoms with Crippen LogP contribution in [0.15, 0.2) is 75.9 Å². The number of nitrogens with zero attached hydrogens (tertiary/aromatic N) is 2. The van der Waals surface area contributed by atoms with Crippen molar-refractivity contribution in [3.8, 4) is 0 Å². The van der Waals surface area contributed by atoms with E-state index in [0.717, 1.165) is 45.0 Å². The molecule has 41 heavy (non-hydrogen) atoms. The van der Waals surface area contributed by atoms with Crippen molar-refractivity contribution in [1.82, 2.24) is 4.57 Å². The molecule has 14 heteroatoms. The standard InChI is InChI=1S/C27H17ClF3N3O4S3/c28-14-6-8-16(9-7-14)34-23(36)20-19(17-5-2-10-39-17)22-25(40-21(20)24(34)37)33(26(38)41-22)12-18(35)32-15-4-1-3-13(11-15)27(29,30)31/h1-11,19-21H,12H2,(H,32,35)/t19-,20+,21-/m0/s1. The molecule has 7 nitrogen and oxygen atoms in total. The number of hydrogen-bond donors (Lipinski definition) is 1. The Kier molecular flexibility index (Phi) is 7.09. The maximum atomic E-state index is 13.8. The lowest BCUT2D eigenvalue weighted by Gasteiger charge is -2.29. The molecule has 3 atom stereocenters. The molecule has 4 aromatic rings. The molecule has 0 spiro atoms. The molecule has 1 fully saturated rings. The molecule has 2 aliphatic rings. The monoisotopic (exact) mass is 635 g/mol. The Labute approximate surface area is 247 Å². The predicted octanol–water partition coefficient (Wildman–Crippen LogP) is 6.08. The highest BCUT2D eigenvalue weighted by atomic mass is 35.5. The summed E-state index contributed by atoms with van der Waals surface area (Å²) in [7, 11) is 0. The third kappa shape index (κ3) is 5.00. The van der Waals surface area contributed by atoms with Crippen LogP contribution in [0.5, 0.6) is 0 Å². The van der Waals surface area contributed by atoms with Crippen molar-refractivity contribution < 1.29 is 27.6 Å². The van der Waals surface area contributed by atoms with Gasteiger partial charge >= 0.3 is 11.0 Å². The molecule has 0 radical (unpaired) electrons. The second kappa shape index (κ2) is 10.5. The van der Waals surface area contributed by atoms with Crippen LogP contribution in [0, 0.1) is 5.92 Å². The lowest BCUT2D eigenvalue weighted by Crippen LogP contribution is -2.32. The lowest BCUT2D eigenvalue weighted by atomic mass is 9.87. The van der Waals surface area contributed by atoms with E-state index < -0.39 is 58.0 Å². The summed E-state index contributed by atoms with van der Waals surface area (Å²) in [5.74, 6) is -2.92. The third-order valence-corrected chi connectivity index (χ3v) is 10.6. The summed E-state index contributed by atoms with van der Waals surface area (Å²) in [6.45, 7) is -0.481. The molecule has 210 valence electrons. The van der Waals surface area contributed by atoms with E-state index >= 15 is 0 Å². The number of thiazole rings is 1. The number of benzene rings is 2. The Morgan fingerprint density at radius 2 is 1.76 bits per heavy atom. The van der Waals surface area contributed by atoms with E-state index in [1.807, 2.05) is 17.5 Å². The molecule has 0 bridgehead atoms. The van der Waals surface area contributed by atoms with Gasteiger partial charge in [-0.1, -0.05) is 46.8 Å². The first kappa shape index (κ1) is 27.8. The van der Waals surface area contributed by atoms with Crippen molar-refractivity contribution in [3.05, 3.63) is 96.1 Å². The van der Waals surface area contributed by atoms with Gasteiger partial charge in [-0.05, 0) is 53.9 Å². The number of aromatic nitrogens is 1. The number of carbonyl (C=O) groups is 3. The number of anilines is 2. The number of rotatable bonds is 5. The Morgan fingerprint density at radius 1 is 1.00 bits per heavy atom. The minimum Gasteiger partial charge on any atom is -0.325 e. The average Bonchev–Trinajstić information content (AvgIpc) is 3.62. The SMILES string of the molecule is O=C(Cn1c2c(sc1=O)[C@@H](c1cccs1)[C@H]1C(=O)N(c3ccc(Cl)cc3)C(=O)[C@H]1S2)Nc1cccc(C(F)(F)F)c1. The van der Waals surface area contributed by atoms with Crippen molar-refractivity contribution in [3.63, 3.8) is 0 Å². The molecule has 1 N–H and O–H groups in total. The van der Waals surface area contributed by atoms with Gasteiger partial charge < -0.3 is 5.32 Å². The topological polar surface area (TPSA) is 88.5 Å². The molecule has 0 unspecified atom stereocenters. The van der Waals surface area contributed by atoms with Crippen LogP contribution < -0.4 is 15.1 Å². The zero-order chi connectivity index (χ0) is 29.1. The van der Waals surface area contributed by atoms with E-state index in [9.17, 15) is 32.3 Å². The van der Waals surface area contributed by atoms with Crippen LogP contribution in [-0.2, 0) is 27.1 Å². The molecular formula is C27H17ClF3N3O4S3. The average molecular weight is 636 g/mol. The van der Waals surface area contributed by atoms with E-state index in [1.165, 1.54) is 28.0 Å². The summed E-state index contributed by atoms with van der Waals surface area (Å²) in [5, 5.41) is 4.24. The number of hydrogen-bond acceptors (Lipinski definition) is 7. The summed E-state index contributed by atoms with van der Waals surface area (Å²) >= 11 is 9.34. The maximum Gasteiger partial charge on any atom is 0.416 e. The van der Waals surface area contributed by atoms with E-state index in [-0.39, 0.29) is 5.69 Å². The molecular weight excluding hydrogens is 619 g/mol. The second-order valence-corrected chi connectivity index (χ2v) is 12.8. The maximum absolute atomic E-state index is 13.8. The number of fused-ring (bicyclic) bond motifs is 2. The van der Waals surface area contributed by atoms with E-state index in [0.29, 0.717) is 20.6 Å². The number of amides is 3. The summed E-state index contributed by atoms with van der Waals surface area (Å²) in [6.07, 6.45) is -4.58. The molecule has 1 saturated heterocycles. The van der Waals surface area contributed by atoms with Gasteiger partial charge in [0.15, 0.2) is 0 Å². The third-order valence-electron chi connectivity index (χ3n) is 6.76. The van der Waals surface area contributed by atoms with Crippen molar-refractivity contribution in [2.75, 3.05) is 10.2 Å². The lowest BCUT2D eigenvalue weighted by molar-refractivity contribution is -0.137. The van der Waals surface area contributed by atoms with Crippen LogP contribution in [0.4, 0.5) is 24.5 Å². The predicted molar refractivity (Wildman–Crippen MR) is 152 cm³/mol. The molecule has 2 aliphatic heterocycles. The number of thiophene rings is 1. The quantitative estimate of drug-likeness (QED) is 0.269. The van der Waals surface area contributed by atoms with Gasteiger partial charge in [-0.2, -0.15) is 13.2 Å². The first-order chi connectivity index (χ1) is 19.5. The zero-order valence-electron chi connectivity index (χ0n) is 20.6. The van der Waals surface area contributed by atoms with Crippen LogP contribution in [0.1, 0.15) is 21.2 Å². The number of halogens is 4. The number of nitrogens with one attached hydrogen (secondary N) is 1. The molecule has 4 heterocycles. The highest BCUT2D eigenvalue weighted by molar-refractivity contribution is 8.00.